The summed E-state index contributed by atoms with van der Waals surface area (Å²) in [6.45, 7) is 3.90. The predicted molar refractivity (Wildman–Crippen MR) is 78.2 cm³/mol. The maximum absolute atomic E-state index is 11.7. The number of aryl methyl sites for hydroxylation is 1. The molecule has 5 heteroatoms. The summed E-state index contributed by atoms with van der Waals surface area (Å²) < 4.78 is 0. The zero-order valence-electron chi connectivity index (χ0n) is 11.8. The molecular weight excluding hydrogens is 254 g/mol. The molecule has 0 spiro atoms. The molecule has 0 atom stereocenters. The molecule has 1 rings (SSSR count). The Morgan fingerprint density at radius 1 is 1.25 bits per heavy atom. The highest BCUT2D eigenvalue weighted by Gasteiger charge is 2.06. The fourth-order valence-corrected chi connectivity index (χ4v) is 1.71. The Bertz CT molecular complexity index is 532. The molecule has 0 aromatic heterocycles. The van der Waals surface area contributed by atoms with E-state index in [2.05, 4.69) is 10.6 Å². The zero-order valence-corrected chi connectivity index (χ0v) is 11.8. The summed E-state index contributed by atoms with van der Waals surface area (Å²) in [6.07, 6.45) is 2.19. The number of carbonyl (C=O) groups excluding carboxylic acids is 2. The average molecular weight is 273 g/mol. The van der Waals surface area contributed by atoms with Crippen molar-refractivity contribution in [3.63, 3.8) is 0 Å². The molecule has 5 nitrogen and oxygen atoms in total. The molecule has 0 heterocycles. The quantitative estimate of drug-likeness (QED) is 0.836. The Labute approximate surface area is 119 Å². The normalized spacial score (nSPS) is 9.65. The van der Waals surface area contributed by atoms with Crippen LogP contribution in [-0.2, 0) is 9.59 Å². The summed E-state index contributed by atoms with van der Waals surface area (Å²) in [5.74, 6) is -0.345. The summed E-state index contributed by atoms with van der Waals surface area (Å²) in [5, 5.41) is 13.9. The number of unbranched alkanes of at least 4 members (excludes halogenated alkanes) is 1. The minimum absolute atomic E-state index is 0.00350. The molecular formula is C15H19N3O2. The van der Waals surface area contributed by atoms with Crippen LogP contribution in [0.5, 0.6) is 0 Å². The van der Waals surface area contributed by atoms with Crippen molar-refractivity contribution in [1.29, 1.82) is 5.26 Å². The van der Waals surface area contributed by atoms with Crippen molar-refractivity contribution in [2.24, 2.45) is 0 Å². The van der Waals surface area contributed by atoms with Gasteiger partial charge < -0.3 is 10.6 Å². The molecule has 0 radical (unpaired) electrons. The topological polar surface area (TPSA) is 82.0 Å². The molecule has 0 bridgehead atoms. The second-order valence-electron chi connectivity index (χ2n) is 4.56. The highest BCUT2D eigenvalue weighted by Crippen LogP contribution is 2.20. The molecule has 20 heavy (non-hydrogen) atoms. The molecule has 0 aliphatic rings. The number of benzene rings is 1. The number of hydrogen-bond donors (Lipinski definition) is 2. The van der Waals surface area contributed by atoms with E-state index in [1.165, 1.54) is 0 Å². The maximum Gasteiger partial charge on any atom is 0.238 e. The van der Waals surface area contributed by atoms with Crippen molar-refractivity contribution in [3.05, 3.63) is 23.8 Å². The molecule has 0 saturated carbocycles. The molecule has 2 N–H and O–H groups in total. The third-order valence-corrected chi connectivity index (χ3v) is 2.78. The number of hydrogen-bond acceptors (Lipinski definition) is 3. The van der Waals surface area contributed by atoms with Gasteiger partial charge in [0.1, 0.15) is 6.42 Å². The lowest BCUT2D eigenvalue weighted by atomic mass is 10.1. The molecule has 0 unspecified atom stereocenters. The Hall–Kier alpha value is -2.35. The molecule has 0 aliphatic heterocycles. The third kappa shape index (κ3) is 5.11. The Morgan fingerprint density at radius 3 is 2.60 bits per heavy atom. The lowest BCUT2D eigenvalue weighted by Gasteiger charge is -2.10. The number of nitrogens with zero attached hydrogens (tertiary/aromatic N) is 1. The highest BCUT2D eigenvalue weighted by atomic mass is 16.2. The molecule has 0 aliphatic carbocycles. The first-order chi connectivity index (χ1) is 9.56. The van der Waals surface area contributed by atoms with Gasteiger partial charge in [0.05, 0.1) is 6.07 Å². The van der Waals surface area contributed by atoms with Gasteiger partial charge in [-0.05, 0) is 37.1 Å². The molecule has 106 valence electrons. The summed E-state index contributed by atoms with van der Waals surface area (Å²) in [7, 11) is 0. The van der Waals surface area contributed by atoms with Gasteiger partial charge in [0.2, 0.25) is 11.8 Å². The zero-order chi connectivity index (χ0) is 15.0. The van der Waals surface area contributed by atoms with Crippen LogP contribution >= 0.6 is 0 Å². The summed E-state index contributed by atoms with van der Waals surface area (Å²) in [4.78, 5) is 23.0. The number of rotatable bonds is 6. The monoisotopic (exact) mass is 273 g/mol. The van der Waals surface area contributed by atoms with Crippen LogP contribution in [0.2, 0.25) is 0 Å². The van der Waals surface area contributed by atoms with Crippen molar-refractivity contribution in [3.8, 4) is 6.07 Å². The van der Waals surface area contributed by atoms with E-state index < -0.39 is 0 Å². The van der Waals surface area contributed by atoms with E-state index in [0.29, 0.717) is 12.1 Å². The fourth-order valence-electron chi connectivity index (χ4n) is 1.71. The SMILES string of the molecule is CCCCC(=O)Nc1ccc(NC(=O)CC#N)cc1C. The van der Waals surface area contributed by atoms with E-state index in [-0.39, 0.29) is 18.2 Å². The first kappa shape index (κ1) is 15.7. The number of nitrogens with one attached hydrogen (secondary N) is 2. The third-order valence-electron chi connectivity index (χ3n) is 2.78. The average Bonchev–Trinajstić information content (AvgIpc) is 2.40. The molecule has 0 saturated heterocycles. The Kier molecular flexibility index (Phi) is 6.24. The lowest BCUT2D eigenvalue weighted by Crippen LogP contribution is -2.13. The van der Waals surface area contributed by atoms with Crippen LogP contribution in [0.15, 0.2) is 18.2 Å². The van der Waals surface area contributed by atoms with Gasteiger partial charge in [0.15, 0.2) is 0 Å². The van der Waals surface area contributed by atoms with E-state index in [4.69, 9.17) is 5.26 Å². The summed E-state index contributed by atoms with van der Waals surface area (Å²) in [5.41, 5.74) is 2.23. The first-order valence-electron chi connectivity index (χ1n) is 6.64. The number of carbonyl (C=O) groups is 2. The van der Waals surface area contributed by atoms with Crippen LogP contribution in [-0.4, -0.2) is 11.8 Å². The van der Waals surface area contributed by atoms with Gasteiger partial charge in [0, 0.05) is 17.8 Å². The fraction of sp³-hybridized carbons (Fsp3) is 0.400. The van der Waals surface area contributed by atoms with Gasteiger partial charge in [-0.15, -0.1) is 0 Å². The summed E-state index contributed by atoms with van der Waals surface area (Å²) >= 11 is 0. The van der Waals surface area contributed by atoms with Gasteiger partial charge in [-0.2, -0.15) is 5.26 Å². The minimum Gasteiger partial charge on any atom is -0.326 e. The second-order valence-corrected chi connectivity index (χ2v) is 4.56. The Balaban J connectivity index is 2.66. The predicted octanol–water partition coefficient (Wildman–Crippen LogP) is 2.98. The van der Waals surface area contributed by atoms with Crippen molar-refractivity contribution in [2.75, 3.05) is 10.6 Å². The van der Waals surface area contributed by atoms with Crippen LogP contribution in [0.1, 0.15) is 38.2 Å². The minimum atomic E-state index is -0.341. The highest BCUT2D eigenvalue weighted by molar-refractivity contribution is 5.94. The van der Waals surface area contributed by atoms with Crippen LogP contribution < -0.4 is 10.6 Å². The maximum atomic E-state index is 11.7. The number of amides is 2. The summed E-state index contributed by atoms with van der Waals surface area (Å²) in [6, 6.07) is 7.02. The van der Waals surface area contributed by atoms with Crippen molar-refractivity contribution < 1.29 is 9.59 Å². The van der Waals surface area contributed by atoms with Gasteiger partial charge in [0.25, 0.3) is 0 Å². The molecule has 1 aromatic carbocycles. The van der Waals surface area contributed by atoms with Crippen LogP contribution in [0.25, 0.3) is 0 Å². The molecule has 2 amide bonds. The van der Waals surface area contributed by atoms with Gasteiger partial charge in [-0.3, -0.25) is 9.59 Å². The second kappa shape index (κ2) is 7.95. The van der Waals surface area contributed by atoms with Gasteiger partial charge >= 0.3 is 0 Å². The molecule has 0 fully saturated rings. The smallest absolute Gasteiger partial charge is 0.238 e. The largest absolute Gasteiger partial charge is 0.326 e. The van der Waals surface area contributed by atoms with E-state index >= 15 is 0 Å². The lowest BCUT2D eigenvalue weighted by molar-refractivity contribution is -0.116. The van der Waals surface area contributed by atoms with Crippen molar-refractivity contribution >= 4 is 23.2 Å². The van der Waals surface area contributed by atoms with Gasteiger partial charge in [-0.1, -0.05) is 13.3 Å². The van der Waals surface area contributed by atoms with Crippen molar-refractivity contribution in [2.45, 2.75) is 39.5 Å². The van der Waals surface area contributed by atoms with E-state index in [9.17, 15) is 9.59 Å². The van der Waals surface area contributed by atoms with Crippen molar-refractivity contribution in [1.82, 2.24) is 0 Å². The van der Waals surface area contributed by atoms with Crippen LogP contribution in [0, 0.1) is 18.3 Å². The number of nitriles is 1. The molecule has 1 aromatic rings. The van der Waals surface area contributed by atoms with Gasteiger partial charge in [-0.25, -0.2) is 0 Å². The van der Waals surface area contributed by atoms with Crippen LogP contribution in [0.3, 0.4) is 0 Å². The van der Waals surface area contributed by atoms with E-state index in [1.807, 2.05) is 13.8 Å². The first-order valence-corrected chi connectivity index (χ1v) is 6.64. The van der Waals surface area contributed by atoms with E-state index in [0.717, 1.165) is 24.1 Å². The number of anilines is 2. The van der Waals surface area contributed by atoms with E-state index in [1.54, 1.807) is 24.3 Å². The van der Waals surface area contributed by atoms with Crippen LogP contribution in [0.4, 0.5) is 11.4 Å². The standard InChI is InChI=1S/C15H19N3O2/c1-3-4-5-14(19)18-13-7-6-12(10-11(13)2)17-15(20)8-9-16/h6-7,10H,3-5,8H2,1-2H3,(H,17,20)(H,18,19). The Morgan fingerprint density at radius 2 is 2.00 bits per heavy atom.